The van der Waals surface area contributed by atoms with Gasteiger partial charge in [0.15, 0.2) is 5.78 Å². The van der Waals surface area contributed by atoms with E-state index in [1.807, 2.05) is 0 Å². The van der Waals surface area contributed by atoms with E-state index in [-0.39, 0.29) is 17.0 Å². The largest absolute Gasteiger partial charge is 0.490 e. The number of nitrogens with one attached hydrogen (secondary N) is 1. The van der Waals surface area contributed by atoms with Gasteiger partial charge in [0.05, 0.1) is 17.8 Å². The Morgan fingerprint density at radius 2 is 2.24 bits per heavy atom. The summed E-state index contributed by atoms with van der Waals surface area (Å²) < 4.78 is 5.58. The summed E-state index contributed by atoms with van der Waals surface area (Å²) in [6.45, 7) is 5.78. The van der Waals surface area contributed by atoms with Gasteiger partial charge in [-0.1, -0.05) is 6.58 Å². The van der Waals surface area contributed by atoms with E-state index < -0.39 is 0 Å². The highest BCUT2D eigenvalue weighted by Crippen LogP contribution is 2.35. The molecule has 3 rings (SSSR count). The Morgan fingerprint density at radius 1 is 1.44 bits per heavy atom. The van der Waals surface area contributed by atoms with Crippen LogP contribution in [0.4, 0.5) is 17.2 Å². The average molecular weight is 359 g/mol. The zero-order chi connectivity index (χ0) is 18.0. The van der Waals surface area contributed by atoms with Gasteiger partial charge in [-0.3, -0.25) is 9.59 Å². The molecule has 1 aliphatic rings. The number of ketones is 1. The van der Waals surface area contributed by atoms with Gasteiger partial charge in [0.1, 0.15) is 18.2 Å². The molecule has 0 radical (unpaired) electrons. The zero-order valence-electron chi connectivity index (χ0n) is 13.5. The van der Waals surface area contributed by atoms with Gasteiger partial charge >= 0.3 is 0 Å². The average Bonchev–Trinajstić information content (AvgIpc) is 2.60. The predicted octanol–water partition coefficient (Wildman–Crippen LogP) is 2.99. The Hall–Kier alpha value is -2.93. The van der Waals surface area contributed by atoms with Crippen LogP contribution in [-0.4, -0.2) is 34.8 Å². The van der Waals surface area contributed by atoms with E-state index in [1.165, 1.54) is 19.2 Å². The summed E-state index contributed by atoms with van der Waals surface area (Å²) in [6.07, 6.45) is 2.63. The fourth-order valence-electron chi connectivity index (χ4n) is 2.48. The number of nitrogens with zero attached hydrogens (tertiary/aromatic N) is 3. The highest BCUT2D eigenvalue weighted by atomic mass is 35.5. The second-order valence-corrected chi connectivity index (χ2v) is 5.65. The minimum Gasteiger partial charge on any atom is -0.490 e. The lowest BCUT2D eigenvalue weighted by atomic mass is 10.2. The van der Waals surface area contributed by atoms with Gasteiger partial charge in [-0.2, -0.15) is 4.98 Å². The number of fused-ring (bicyclic) bond motifs is 1. The first-order valence-corrected chi connectivity index (χ1v) is 7.88. The lowest BCUT2D eigenvalue weighted by Gasteiger charge is -2.29. The molecule has 0 fully saturated rings. The van der Waals surface area contributed by atoms with Crippen molar-refractivity contribution >= 4 is 40.5 Å². The van der Waals surface area contributed by atoms with E-state index in [0.29, 0.717) is 41.7 Å². The Morgan fingerprint density at radius 3 is 2.96 bits per heavy atom. The van der Waals surface area contributed by atoms with Crippen LogP contribution >= 0.6 is 11.6 Å². The van der Waals surface area contributed by atoms with Crippen molar-refractivity contribution in [3.05, 3.63) is 47.9 Å². The summed E-state index contributed by atoms with van der Waals surface area (Å²) >= 11 is 5.83. The molecule has 1 N–H and O–H groups in total. The first kappa shape index (κ1) is 16.9. The number of hydrogen-bond donors (Lipinski definition) is 1. The third-order valence-electron chi connectivity index (χ3n) is 3.66. The SMILES string of the molecule is C=CC(=O)N1CCOc2ccc(Nc3nc(Cl)ncc3C(C)=O)cc21. The molecule has 0 atom stereocenters. The van der Waals surface area contributed by atoms with E-state index in [0.717, 1.165) is 0 Å². The standard InChI is InChI=1S/C17H15ClN4O3/c1-3-15(24)22-6-7-25-14-5-4-11(8-13(14)22)20-16-12(10(2)23)9-19-17(18)21-16/h3-5,8-9H,1,6-7H2,2H3,(H,19,20,21). The molecule has 1 aliphatic heterocycles. The Bertz CT molecular complexity index is 869. The van der Waals surface area contributed by atoms with Gasteiger partial charge in [-0.15, -0.1) is 0 Å². The predicted molar refractivity (Wildman–Crippen MR) is 94.8 cm³/mol. The molecular weight excluding hydrogens is 344 g/mol. The molecule has 1 aromatic carbocycles. The molecule has 2 heterocycles. The molecule has 25 heavy (non-hydrogen) atoms. The maximum absolute atomic E-state index is 12.0. The van der Waals surface area contributed by atoms with Crippen molar-refractivity contribution in [3.8, 4) is 5.75 Å². The second kappa shape index (κ2) is 6.90. The van der Waals surface area contributed by atoms with E-state index in [4.69, 9.17) is 16.3 Å². The minimum atomic E-state index is -0.212. The number of amides is 1. The van der Waals surface area contributed by atoms with Gasteiger partial charge in [-0.25, -0.2) is 4.98 Å². The van der Waals surface area contributed by atoms with Crippen LogP contribution in [0.5, 0.6) is 5.75 Å². The number of aromatic nitrogens is 2. The van der Waals surface area contributed by atoms with Crippen LogP contribution in [0.25, 0.3) is 0 Å². The van der Waals surface area contributed by atoms with Crippen LogP contribution in [0, 0.1) is 0 Å². The van der Waals surface area contributed by atoms with Crippen molar-refractivity contribution in [2.45, 2.75) is 6.92 Å². The van der Waals surface area contributed by atoms with Crippen molar-refractivity contribution < 1.29 is 14.3 Å². The minimum absolute atomic E-state index is 0.0252. The van der Waals surface area contributed by atoms with Gasteiger partial charge in [0.2, 0.25) is 5.28 Å². The lowest BCUT2D eigenvalue weighted by molar-refractivity contribution is -0.114. The highest BCUT2D eigenvalue weighted by molar-refractivity contribution is 6.28. The van der Waals surface area contributed by atoms with Crippen LogP contribution < -0.4 is 15.0 Å². The molecule has 0 unspecified atom stereocenters. The number of anilines is 3. The summed E-state index contributed by atoms with van der Waals surface area (Å²) in [4.78, 5) is 33.2. The number of rotatable bonds is 4. The zero-order valence-corrected chi connectivity index (χ0v) is 14.2. The number of ether oxygens (including phenoxy) is 1. The third-order valence-corrected chi connectivity index (χ3v) is 3.85. The Balaban J connectivity index is 1.98. The third kappa shape index (κ3) is 3.46. The molecule has 7 nitrogen and oxygen atoms in total. The summed E-state index contributed by atoms with van der Waals surface area (Å²) in [5, 5.41) is 3.07. The Labute approximate surface area is 149 Å². The molecule has 0 saturated heterocycles. The van der Waals surface area contributed by atoms with Gasteiger partial charge in [0.25, 0.3) is 5.91 Å². The van der Waals surface area contributed by atoms with Crippen molar-refractivity contribution in [3.63, 3.8) is 0 Å². The molecular formula is C17H15ClN4O3. The van der Waals surface area contributed by atoms with Crippen molar-refractivity contribution in [2.75, 3.05) is 23.4 Å². The van der Waals surface area contributed by atoms with Gasteiger partial charge in [0, 0.05) is 11.9 Å². The van der Waals surface area contributed by atoms with Gasteiger partial charge in [-0.05, 0) is 42.8 Å². The summed E-state index contributed by atoms with van der Waals surface area (Å²) in [7, 11) is 0. The fourth-order valence-corrected chi connectivity index (χ4v) is 2.62. The lowest BCUT2D eigenvalue weighted by Crippen LogP contribution is -2.36. The van der Waals surface area contributed by atoms with E-state index in [1.54, 1.807) is 23.1 Å². The number of halogens is 1. The second-order valence-electron chi connectivity index (χ2n) is 5.31. The number of benzene rings is 1. The summed E-state index contributed by atoms with van der Waals surface area (Å²) in [5.41, 5.74) is 1.56. The van der Waals surface area contributed by atoms with Crippen molar-refractivity contribution in [1.82, 2.24) is 9.97 Å². The van der Waals surface area contributed by atoms with Crippen LogP contribution in [0.1, 0.15) is 17.3 Å². The topological polar surface area (TPSA) is 84.4 Å². The molecule has 0 spiro atoms. The molecule has 0 saturated carbocycles. The van der Waals surface area contributed by atoms with Crippen LogP contribution in [0.3, 0.4) is 0 Å². The molecule has 8 heteroatoms. The van der Waals surface area contributed by atoms with Crippen LogP contribution in [0.2, 0.25) is 5.28 Å². The van der Waals surface area contributed by atoms with E-state index >= 15 is 0 Å². The monoisotopic (exact) mass is 358 g/mol. The van der Waals surface area contributed by atoms with Gasteiger partial charge < -0.3 is 15.0 Å². The normalized spacial score (nSPS) is 12.8. The molecule has 1 aromatic heterocycles. The maximum atomic E-state index is 12.0. The number of carbonyl (C=O) groups is 2. The molecule has 0 bridgehead atoms. The van der Waals surface area contributed by atoms with Crippen LogP contribution in [-0.2, 0) is 4.79 Å². The van der Waals surface area contributed by atoms with E-state index in [2.05, 4.69) is 21.9 Å². The summed E-state index contributed by atoms with van der Waals surface area (Å²) in [6, 6.07) is 5.26. The fraction of sp³-hybridized carbons (Fsp3) is 0.176. The van der Waals surface area contributed by atoms with E-state index in [9.17, 15) is 9.59 Å². The van der Waals surface area contributed by atoms with Crippen LogP contribution in [0.15, 0.2) is 37.1 Å². The first-order valence-electron chi connectivity index (χ1n) is 7.51. The van der Waals surface area contributed by atoms with Crippen molar-refractivity contribution in [1.29, 1.82) is 0 Å². The first-order chi connectivity index (χ1) is 12.0. The number of carbonyl (C=O) groups excluding carboxylic acids is 2. The molecule has 0 aliphatic carbocycles. The van der Waals surface area contributed by atoms with Crippen molar-refractivity contribution in [2.24, 2.45) is 0 Å². The maximum Gasteiger partial charge on any atom is 0.250 e. The smallest absolute Gasteiger partial charge is 0.250 e. The Kier molecular flexibility index (Phi) is 4.67. The molecule has 1 amide bonds. The quantitative estimate of drug-likeness (QED) is 0.514. The molecule has 2 aromatic rings. The number of Topliss-reactive ketones (excluding diaryl/α,β-unsaturated/α-hetero) is 1. The number of hydrogen-bond acceptors (Lipinski definition) is 6. The molecule has 128 valence electrons. The highest BCUT2D eigenvalue weighted by Gasteiger charge is 2.22. The summed E-state index contributed by atoms with van der Waals surface area (Å²) in [5.74, 6) is 0.491.